The number of carbonyl (C=O) groups excluding carboxylic acids is 1. The van der Waals surface area contributed by atoms with Gasteiger partial charge in [-0.2, -0.15) is 0 Å². The van der Waals surface area contributed by atoms with E-state index in [9.17, 15) is 4.79 Å². The van der Waals surface area contributed by atoms with Gasteiger partial charge in [0.1, 0.15) is 17.3 Å². The highest BCUT2D eigenvalue weighted by Crippen LogP contribution is 2.19. The van der Waals surface area contributed by atoms with E-state index in [4.69, 9.17) is 4.74 Å². The number of nitrogens with one attached hydrogen (secondary N) is 1. The highest BCUT2D eigenvalue weighted by atomic mass is 79.9. The van der Waals surface area contributed by atoms with Crippen LogP contribution in [0.25, 0.3) is 6.08 Å². The molecule has 0 saturated heterocycles. The van der Waals surface area contributed by atoms with Crippen molar-refractivity contribution in [3.05, 3.63) is 69.8 Å². The summed E-state index contributed by atoms with van der Waals surface area (Å²) in [4.78, 5) is 16.5. The molecule has 1 amide bonds. The van der Waals surface area contributed by atoms with Gasteiger partial charge in [-0.3, -0.25) is 4.79 Å². The molecule has 0 aromatic heterocycles. The Kier molecular flexibility index (Phi) is 4.06. The molecule has 0 spiro atoms. The molecule has 0 saturated carbocycles. The maximum Gasteiger partial charge on any atom is 0.275 e. The maximum atomic E-state index is 12.1. The Hall–Kier alpha value is -2.40. The van der Waals surface area contributed by atoms with E-state index in [0.29, 0.717) is 11.5 Å². The van der Waals surface area contributed by atoms with Crippen LogP contribution in [0.1, 0.15) is 11.1 Å². The van der Waals surface area contributed by atoms with Crippen molar-refractivity contribution in [3.63, 3.8) is 0 Å². The van der Waals surface area contributed by atoms with Crippen LogP contribution in [-0.2, 0) is 4.79 Å². The van der Waals surface area contributed by atoms with Crippen LogP contribution in [-0.4, -0.2) is 18.9 Å². The molecule has 3 rings (SSSR count). The molecule has 2 aromatic rings. The summed E-state index contributed by atoms with van der Waals surface area (Å²) in [5.74, 6) is 1.04. The molecule has 0 aliphatic carbocycles. The second kappa shape index (κ2) is 6.15. The standard InChI is InChI=1S/C17H13BrN2O2/c1-22-14-7-3-5-12(10-14)16-19-15(17(21)20-16)9-11-4-2-6-13(18)8-11/h2-10H,1H3,(H,19,20,21)/b15-9+. The molecule has 0 bridgehead atoms. The summed E-state index contributed by atoms with van der Waals surface area (Å²) in [6, 6.07) is 15.1. The number of rotatable bonds is 3. The second-order valence-corrected chi connectivity index (χ2v) is 5.65. The zero-order chi connectivity index (χ0) is 15.5. The Morgan fingerprint density at radius 1 is 1.18 bits per heavy atom. The van der Waals surface area contributed by atoms with Crippen LogP contribution in [0.15, 0.2) is 63.7 Å². The van der Waals surface area contributed by atoms with E-state index < -0.39 is 0 Å². The quantitative estimate of drug-likeness (QED) is 0.857. The normalized spacial score (nSPS) is 15.6. The van der Waals surface area contributed by atoms with Gasteiger partial charge in [-0.05, 0) is 35.9 Å². The predicted molar refractivity (Wildman–Crippen MR) is 89.8 cm³/mol. The lowest BCUT2D eigenvalue weighted by Crippen LogP contribution is -2.24. The van der Waals surface area contributed by atoms with E-state index in [1.807, 2.05) is 48.5 Å². The first-order chi connectivity index (χ1) is 10.7. The summed E-state index contributed by atoms with van der Waals surface area (Å²) in [6.07, 6.45) is 1.76. The van der Waals surface area contributed by atoms with E-state index in [1.54, 1.807) is 13.2 Å². The first kappa shape index (κ1) is 14.5. The van der Waals surface area contributed by atoms with Crippen molar-refractivity contribution in [2.24, 2.45) is 4.99 Å². The van der Waals surface area contributed by atoms with E-state index in [1.165, 1.54) is 0 Å². The molecule has 22 heavy (non-hydrogen) atoms. The lowest BCUT2D eigenvalue weighted by atomic mass is 10.2. The Balaban J connectivity index is 1.94. The molecule has 5 heteroatoms. The fourth-order valence-electron chi connectivity index (χ4n) is 2.13. The Morgan fingerprint density at radius 2 is 2.00 bits per heavy atom. The summed E-state index contributed by atoms with van der Waals surface area (Å²) in [5, 5.41) is 2.78. The topological polar surface area (TPSA) is 50.7 Å². The van der Waals surface area contributed by atoms with Gasteiger partial charge in [-0.1, -0.05) is 40.2 Å². The van der Waals surface area contributed by atoms with E-state index >= 15 is 0 Å². The maximum absolute atomic E-state index is 12.1. The van der Waals surface area contributed by atoms with Crippen LogP contribution < -0.4 is 10.1 Å². The number of aliphatic imine (C=N–C) groups is 1. The molecule has 0 atom stereocenters. The molecular formula is C17H13BrN2O2. The van der Waals surface area contributed by atoms with Crippen LogP contribution in [0.3, 0.4) is 0 Å². The SMILES string of the molecule is COc1cccc(C2=N/C(=C/c3cccc(Br)c3)C(=O)N2)c1. The Labute approximate surface area is 136 Å². The molecule has 0 radical (unpaired) electrons. The number of amides is 1. The monoisotopic (exact) mass is 356 g/mol. The van der Waals surface area contributed by atoms with Crippen molar-refractivity contribution in [1.29, 1.82) is 0 Å². The van der Waals surface area contributed by atoms with Crippen molar-refractivity contribution in [2.75, 3.05) is 7.11 Å². The molecule has 1 N–H and O–H groups in total. The minimum Gasteiger partial charge on any atom is -0.497 e. The van der Waals surface area contributed by atoms with Gasteiger partial charge in [-0.15, -0.1) is 0 Å². The number of halogens is 1. The fourth-order valence-corrected chi connectivity index (χ4v) is 2.55. The van der Waals surface area contributed by atoms with Crippen LogP contribution in [0.5, 0.6) is 5.75 Å². The van der Waals surface area contributed by atoms with Gasteiger partial charge >= 0.3 is 0 Å². The molecule has 0 unspecified atom stereocenters. The molecule has 0 fully saturated rings. The number of hydrogen-bond donors (Lipinski definition) is 1. The number of carbonyl (C=O) groups is 1. The smallest absolute Gasteiger partial charge is 0.275 e. The average Bonchev–Trinajstić information content (AvgIpc) is 2.88. The largest absolute Gasteiger partial charge is 0.497 e. The van der Waals surface area contributed by atoms with Gasteiger partial charge in [0.25, 0.3) is 5.91 Å². The van der Waals surface area contributed by atoms with Crippen LogP contribution in [0, 0.1) is 0 Å². The number of methoxy groups -OCH3 is 1. The molecule has 1 heterocycles. The third-order valence-electron chi connectivity index (χ3n) is 3.19. The van der Waals surface area contributed by atoms with E-state index in [0.717, 1.165) is 21.3 Å². The van der Waals surface area contributed by atoms with Crippen molar-refractivity contribution in [1.82, 2.24) is 5.32 Å². The molecule has 2 aromatic carbocycles. The highest BCUT2D eigenvalue weighted by molar-refractivity contribution is 9.10. The van der Waals surface area contributed by atoms with Gasteiger partial charge in [0, 0.05) is 10.0 Å². The minimum atomic E-state index is -0.210. The van der Waals surface area contributed by atoms with Crippen LogP contribution >= 0.6 is 15.9 Å². The van der Waals surface area contributed by atoms with E-state index in [2.05, 4.69) is 26.2 Å². The third kappa shape index (κ3) is 3.09. The van der Waals surface area contributed by atoms with Gasteiger partial charge in [0.2, 0.25) is 0 Å². The van der Waals surface area contributed by atoms with E-state index in [-0.39, 0.29) is 5.91 Å². The second-order valence-electron chi connectivity index (χ2n) is 4.73. The molecule has 110 valence electrons. The average molecular weight is 357 g/mol. The van der Waals surface area contributed by atoms with Crippen LogP contribution in [0.2, 0.25) is 0 Å². The number of ether oxygens (including phenoxy) is 1. The molecular weight excluding hydrogens is 344 g/mol. The first-order valence-electron chi connectivity index (χ1n) is 6.67. The first-order valence-corrected chi connectivity index (χ1v) is 7.47. The van der Waals surface area contributed by atoms with Crippen LogP contribution in [0.4, 0.5) is 0 Å². The van der Waals surface area contributed by atoms with Gasteiger partial charge < -0.3 is 10.1 Å². The third-order valence-corrected chi connectivity index (χ3v) is 3.69. The Bertz CT molecular complexity index is 797. The number of benzene rings is 2. The summed E-state index contributed by atoms with van der Waals surface area (Å²) in [5.41, 5.74) is 2.11. The van der Waals surface area contributed by atoms with Crippen molar-refractivity contribution in [3.8, 4) is 5.75 Å². The lowest BCUT2D eigenvalue weighted by Gasteiger charge is -2.03. The van der Waals surface area contributed by atoms with Gasteiger partial charge in [0.15, 0.2) is 0 Å². The predicted octanol–water partition coefficient (Wildman–Crippen LogP) is 3.38. The summed E-state index contributed by atoms with van der Waals surface area (Å²) in [7, 11) is 1.60. The summed E-state index contributed by atoms with van der Waals surface area (Å²) >= 11 is 3.41. The number of amidine groups is 1. The highest BCUT2D eigenvalue weighted by Gasteiger charge is 2.21. The summed E-state index contributed by atoms with van der Waals surface area (Å²) < 4.78 is 6.15. The zero-order valence-corrected chi connectivity index (χ0v) is 13.4. The fraction of sp³-hybridized carbons (Fsp3) is 0.0588. The van der Waals surface area contributed by atoms with Crippen molar-refractivity contribution in [2.45, 2.75) is 0 Å². The molecule has 4 nitrogen and oxygen atoms in total. The van der Waals surface area contributed by atoms with Crippen molar-refractivity contribution < 1.29 is 9.53 Å². The summed E-state index contributed by atoms with van der Waals surface area (Å²) in [6.45, 7) is 0. The lowest BCUT2D eigenvalue weighted by molar-refractivity contribution is -0.115. The number of nitrogens with zero attached hydrogens (tertiary/aromatic N) is 1. The van der Waals surface area contributed by atoms with Crippen molar-refractivity contribution >= 4 is 33.7 Å². The molecule has 1 aliphatic rings. The van der Waals surface area contributed by atoms with Gasteiger partial charge in [-0.25, -0.2) is 4.99 Å². The van der Waals surface area contributed by atoms with Gasteiger partial charge in [0.05, 0.1) is 7.11 Å². The number of hydrogen-bond acceptors (Lipinski definition) is 3. The zero-order valence-electron chi connectivity index (χ0n) is 11.8. The minimum absolute atomic E-state index is 0.210. The molecule has 1 aliphatic heterocycles. The Morgan fingerprint density at radius 3 is 2.77 bits per heavy atom.